The molecule has 0 amide bonds. The van der Waals surface area contributed by atoms with E-state index in [0.717, 1.165) is 51.6 Å². The molecular formula is C19H28IN5S. The smallest absolute Gasteiger partial charge is 0.194 e. The van der Waals surface area contributed by atoms with Gasteiger partial charge in [0.05, 0.1) is 5.00 Å². The summed E-state index contributed by atoms with van der Waals surface area (Å²) in [5.41, 5.74) is 2.57. The normalized spacial score (nSPS) is 14.9. The van der Waals surface area contributed by atoms with Crippen molar-refractivity contribution in [1.29, 1.82) is 0 Å². The average molecular weight is 485 g/mol. The molecule has 0 atom stereocenters. The van der Waals surface area contributed by atoms with Crippen molar-refractivity contribution in [3.63, 3.8) is 0 Å². The van der Waals surface area contributed by atoms with Crippen LogP contribution in [-0.2, 0) is 6.42 Å². The maximum Gasteiger partial charge on any atom is 0.194 e. The highest BCUT2D eigenvalue weighted by atomic mass is 127. The number of aryl methyl sites for hydroxylation is 1. The van der Waals surface area contributed by atoms with Crippen molar-refractivity contribution in [2.24, 2.45) is 4.99 Å². The first kappa shape index (κ1) is 21.0. The number of pyridine rings is 1. The number of thiophene rings is 1. The van der Waals surface area contributed by atoms with E-state index < -0.39 is 0 Å². The number of guanidine groups is 1. The van der Waals surface area contributed by atoms with Crippen LogP contribution >= 0.6 is 35.3 Å². The molecule has 5 nitrogen and oxygen atoms in total. The van der Waals surface area contributed by atoms with Crippen molar-refractivity contribution in [1.82, 2.24) is 15.2 Å². The second kappa shape index (κ2) is 10.7. The number of anilines is 1. The van der Waals surface area contributed by atoms with Crippen molar-refractivity contribution in [3.8, 4) is 0 Å². The predicted octanol–water partition coefficient (Wildman–Crippen LogP) is 3.40. The first-order valence-electron chi connectivity index (χ1n) is 8.99. The SMILES string of the molecule is CCNC(=NCCc1ccncc1C)N1CCN(c2cccs2)CC1.I. The van der Waals surface area contributed by atoms with Gasteiger partial charge in [0, 0.05) is 51.7 Å². The summed E-state index contributed by atoms with van der Waals surface area (Å²) >= 11 is 1.82. The van der Waals surface area contributed by atoms with Gasteiger partial charge in [-0.25, -0.2) is 0 Å². The Morgan fingerprint density at radius 3 is 2.73 bits per heavy atom. The summed E-state index contributed by atoms with van der Waals surface area (Å²) in [7, 11) is 0. The molecule has 1 fully saturated rings. The number of halogens is 1. The van der Waals surface area contributed by atoms with Crippen molar-refractivity contribution >= 4 is 46.3 Å². The topological polar surface area (TPSA) is 43.8 Å². The molecule has 0 unspecified atom stereocenters. The lowest BCUT2D eigenvalue weighted by molar-refractivity contribution is 0.373. The number of nitrogens with one attached hydrogen (secondary N) is 1. The van der Waals surface area contributed by atoms with Crippen LogP contribution in [0.25, 0.3) is 0 Å². The van der Waals surface area contributed by atoms with Gasteiger partial charge in [0.1, 0.15) is 0 Å². The quantitative estimate of drug-likeness (QED) is 0.401. The first-order chi connectivity index (χ1) is 12.3. The van der Waals surface area contributed by atoms with Crippen LogP contribution in [0.5, 0.6) is 0 Å². The average Bonchev–Trinajstić information content (AvgIpc) is 3.17. The molecule has 0 spiro atoms. The Morgan fingerprint density at radius 2 is 2.08 bits per heavy atom. The monoisotopic (exact) mass is 485 g/mol. The summed E-state index contributed by atoms with van der Waals surface area (Å²) in [6.45, 7) is 10.1. The zero-order valence-electron chi connectivity index (χ0n) is 15.5. The van der Waals surface area contributed by atoms with E-state index in [0.29, 0.717) is 0 Å². The minimum absolute atomic E-state index is 0. The van der Waals surface area contributed by atoms with Gasteiger partial charge in [-0.3, -0.25) is 9.98 Å². The summed E-state index contributed by atoms with van der Waals surface area (Å²) in [5.74, 6) is 1.04. The molecule has 1 aliphatic heterocycles. The van der Waals surface area contributed by atoms with Gasteiger partial charge in [0.15, 0.2) is 5.96 Å². The molecule has 142 valence electrons. The lowest BCUT2D eigenvalue weighted by Gasteiger charge is -2.37. The fraction of sp³-hybridized carbons (Fsp3) is 0.474. The Hall–Kier alpha value is -1.35. The lowest BCUT2D eigenvalue weighted by Crippen LogP contribution is -2.52. The van der Waals surface area contributed by atoms with Gasteiger partial charge >= 0.3 is 0 Å². The molecule has 2 aromatic heterocycles. The minimum atomic E-state index is 0. The number of nitrogens with zero attached hydrogens (tertiary/aromatic N) is 4. The zero-order chi connectivity index (χ0) is 17.5. The fourth-order valence-corrected chi connectivity index (χ4v) is 3.86. The third-order valence-electron chi connectivity index (χ3n) is 4.51. The van der Waals surface area contributed by atoms with Crippen LogP contribution in [0.3, 0.4) is 0 Å². The van der Waals surface area contributed by atoms with E-state index in [1.165, 1.54) is 16.1 Å². The Balaban J connectivity index is 0.00000243. The maximum absolute atomic E-state index is 4.86. The highest BCUT2D eigenvalue weighted by Gasteiger charge is 2.20. The molecule has 1 N–H and O–H groups in total. The van der Waals surface area contributed by atoms with Crippen LogP contribution in [-0.4, -0.2) is 55.1 Å². The Bertz CT molecular complexity index is 681. The molecule has 7 heteroatoms. The molecule has 3 rings (SSSR count). The third kappa shape index (κ3) is 5.57. The number of hydrogen-bond acceptors (Lipinski definition) is 4. The number of aliphatic imine (C=N–C) groups is 1. The van der Waals surface area contributed by atoms with E-state index in [4.69, 9.17) is 4.99 Å². The van der Waals surface area contributed by atoms with Gasteiger partial charge in [-0.2, -0.15) is 0 Å². The Labute approximate surface area is 177 Å². The molecule has 0 radical (unpaired) electrons. The summed E-state index contributed by atoms with van der Waals surface area (Å²) in [6.07, 6.45) is 4.74. The van der Waals surface area contributed by atoms with Crippen LogP contribution < -0.4 is 10.2 Å². The molecule has 3 heterocycles. The van der Waals surface area contributed by atoms with Crippen LogP contribution in [0, 0.1) is 6.92 Å². The number of piperazine rings is 1. The van der Waals surface area contributed by atoms with Gasteiger partial charge in [-0.05, 0) is 55.0 Å². The zero-order valence-corrected chi connectivity index (χ0v) is 18.7. The summed E-state index contributed by atoms with van der Waals surface area (Å²) in [5, 5.41) is 6.97. The van der Waals surface area contributed by atoms with Crippen LogP contribution in [0.1, 0.15) is 18.1 Å². The molecule has 2 aromatic rings. The fourth-order valence-electron chi connectivity index (χ4n) is 3.08. The van der Waals surface area contributed by atoms with Crippen molar-refractivity contribution < 1.29 is 0 Å². The van der Waals surface area contributed by atoms with Crippen molar-refractivity contribution in [3.05, 3.63) is 47.1 Å². The molecule has 1 saturated heterocycles. The number of hydrogen-bond donors (Lipinski definition) is 1. The predicted molar refractivity (Wildman–Crippen MR) is 122 cm³/mol. The summed E-state index contributed by atoms with van der Waals surface area (Å²) in [4.78, 5) is 13.9. The van der Waals surface area contributed by atoms with Crippen molar-refractivity contribution in [2.45, 2.75) is 20.3 Å². The van der Waals surface area contributed by atoms with E-state index in [-0.39, 0.29) is 24.0 Å². The van der Waals surface area contributed by atoms with E-state index in [2.05, 4.69) is 57.5 Å². The van der Waals surface area contributed by atoms with Crippen LogP contribution in [0.2, 0.25) is 0 Å². The highest BCUT2D eigenvalue weighted by Crippen LogP contribution is 2.22. The van der Waals surface area contributed by atoms with E-state index in [1.807, 2.05) is 23.7 Å². The Kier molecular flexibility index (Phi) is 8.64. The molecular weight excluding hydrogens is 457 g/mol. The Morgan fingerprint density at radius 1 is 1.27 bits per heavy atom. The third-order valence-corrected chi connectivity index (χ3v) is 5.44. The standard InChI is InChI=1S/C19H27N5S.HI/c1-3-21-19(22-9-7-17-6-8-20-15-16(17)2)24-12-10-23(11-13-24)18-5-4-14-25-18;/h4-6,8,14-15H,3,7,9-13H2,1-2H3,(H,21,22);1H. The van der Waals surface area contributed by atoms with Gasteiger partial charge in [-0.15, -0.1) is 35.3 Å². The lowest BCUT2D eigenvalue weighted by atomic mass is 10.1. The van der Waals surface area contributed by atoms with Crippen molar-refractivity contribution in [2.75, 3.05) is 44.2 Å². The molecule has 0 aliphatic carbocycles. The number of rotatable bonds is 5. The van der Waals surface area contributed by atoms with Gasteiger partial charge in [0.25, 0.3) is 0 Å². The number of aromatic nitrogens is 1. The van der Waals surface area contributed by atoms with E-state index in [9.17, 15) is 0 Å². The minimum Gasteiger partial charge on any atom is -0.360 e. The molecule has 0 aromatic carbocycles. The van der Waals surface area contributed by atoms with Gasteiger partial charge < -0.3 is 15.1 Å². The second-order valence-electron chi connectivity index (χ2n) is 6.21. The maximum atomic E-state index is 4.86. The molecule has 1 aliphatic rings. The second-order valence-corrected chi connectivity index (χ2v) is 7.14. The van der Waals surface area contributed by atoms with E-state index >= 15 is 0 Å². The van der Waals surface area contributed by atoms with Crippen LogP contribution in [0.4, 0.5) is 5.00 Å². The molecule has 26 heavy (non-hydrogen) atoms. The van der Waals surface area contributed by atoms with Gasteiger partial charge in [-0.1, -0.05) is 0 Å². The molecule has 0 saturated carbocycles. The summed E-state index contributed by atoms with van der Waals surface area (Å²) in [6, 6.07) is 6.42. The largest absolute Gasteiger partial charge is 0.360 e. The van der Waals surface area contributed by atoms with E-state index in [1.54, 1.807) is 0 Å². The van der Waals surface area contributed by atoms with Crippen LogP contribution in [0.15, 0.2) is 41.0 Å². The van der Waals surface area contributed by atoms with Gasteiger partial charge in [0.2, 0.25) is 0 Å². The first-order valence-corrected chi connectivity index (χ1v) is 9.87. The summed E-state index contributed by atoms with van der Waals surface area (Å²) < 4.78 is 0. The molecule has 0 bridgehead atoms. The highest BCUT2D eigenvalue weighted by molar-refractivity contribution is 14.0.